The highest BCUT2D eigenvalue weighted by molar-refractivity contribution is 7.99. The molecule has 0 amide bonds. The van der Waals surface area contributed by atoms with Crippen LogP contribution in [0.25, 0.3) is 32.9 Å². The van der Waals surface area contributed by atoms with E-state index < -0.39 is 0 Å². The van der Waals surface area contributed by atoms with E-state index in [1.807, 2.05) is 11.8 Å². The molecular weight excluding hydrogens is 418 g/mol. The second-order valence-corrected chi connectivity index (χ2v) is 10.1. The van der Waals surface area contributed by atoms with Crippen LogP contribution < -0.4 is 0 Å². The molecule has 0 bridgehead atoms. The fraction of sp³-hybridized carbons (Fsp3) is 0.0323. The Balaban J connectivity index is 1.59. The lowest BCUT2D eigenvalue weighted by Crippen LogP contribution is -2.31. The molecule has 1 aromatic heterocycles. The second-order valence-electron chi connectivity index (χ2n) is 9.00. The second kappa shape index (κ2) is 6.18. The fourth-order valence-electron chi connectivity index (χ4n) is 6.20. The lowest BCUT2D eigenvalue weighted by atomic mass is 9.67. The first-order valence-electron chi connectivity index (χ1n) is 11.4. The van der Waals surface area contributed by atoms with Crippen molar-refractivity contribution in [2.45, 2.75) is 15.2 Å². The molecule has 6 aromatic rings. The van der Waals surface area contributed by atoms with Gasteiger partial charge in [0.05, 0.1) is 5.41 Å². The zero-order valence-corrected chi connectivity index (χ0v) is 18.6. The summed E-state index contributed by atoms with van der Waals surface area (Å²) in [6.07, 6.45) is 0. The summed E-state index contributed by atoms with van der Waals surface area (Å²) in [4.78, 5) is 6.39. The summed E-state index contributed by atoms with van der Waals surface area (Å²) in [5.74, 6) is 0. The number of fused-ring (bicyclic) bond motifs is 12. The van der Waals surface area contributed by atoms with Crippen LogP contribution >= 0.6 is 11.8 Å². The Morgan fingerprint density at radius 2 is 1.12 bits per heavy atom. The molecule has 2 heteroatoms. The lowest BCUT2D eigenvalue weighted by Gasteiger charge is -2.39. The van der Waals surface area contributed by atoms with Gasteiger partial charge in [-0.2, -0.15) is 0 Å². The molecule has 2 aliphatic rings. The highest BCUT2D eigenvalue weighted by atomic mass is 32.2. The molecule has 0 atom stereocenters. The largest absolute Gasteiger partial charge is 0.355 e. The standard InChI is InChI=1S/C31H19NS/c1-4-12-23-19(9-1)20-10-2-5-13-24(20)31(23)25-14-6-8-16-29(25)33-30-17-22-21-11-3-7-15-27(21)32-28(22)18-26(30)31/h1-18,32H. The Morgan fingerprint density at radius 3 is 1.91 bits per heavy atom. The van der Waals surface area contributed by atoms with Gasteiger partial charge in [-0.1, -0.05) is 96.7 Å². The van der Waals surface area contributed by atoms with Crippen molar-refractivity contribution < 1.29 is 0 Å². The molecule has 154 valence electrons. The number of benzene rings is 5. The van der Waals surface area contributed by atoms with E-state index in [9.17, 15) is 0 Å². The molecule has 0 unspecified atom stereocenters. The molecule has 5 aromatic carbocycles. The predicted molar refractivity (Wildman–Crippen MR) is 137 cm³/mol. The van der Waals surface area contributed by atoms with Crippen LogP contribution in [-0.4, -0.2) is 4.98 Å². The first kappa shape index (κ1) is 17.8. The Hall–Kier alpha value is -3.75. The fourth-order valence-corrected chi connectivity index (χ4v) is 7.41. The maximum atomic E-state index is 3.70. The zero-order chi connectivity index (χ0) is 21.6. The smallest absolute Gasteiger partial charge is 0.0736 e. The molecule has 1 aliphatic heterocycles. The van der Waals surface area contributed by atoms with Gasteiger partial charge in [0.2, 0.25) is 0 Å². The number of hydrogen-bond donors (Lipinski definition) is 1. The summed E-state index contributed by atoms with van der Waals surface area (Å²) in [5.41, 5.74) is 10.3. The van der Waals surface area contributed by atoms with Crippen LogP contribution in [0.5, 0.6) is 0 Å². The summed E-state index contributed by atoms with van der Waals surface area (Å²) in [6, 6.07) is 40.4. The van der Waals surface area contributed by atoms with Crippen LogP contribution in [0.15, 0.2) is 119 Å². The highest BCUT2D eigenvalue weighted by Crippen LogP contribution is 2.62. The third kappa shape index (κ3) is 2.10. The van der Waals surface area contributed by atoms with Gasteiger partial charge < -0.3 is 4.98 Å². The third-order valence-electron chi connectivity index (χ3n) is 7.47. The molecule has 8 rings (SSSR count). The lowest BCUT2D eigenvalue weighted by molar-refractivity contribution is 0.724. The molecule has 2 heterocycles. The monoisotopic (exact) mass is 437 g/mol. The molecule has 0 saturated heterocycles. The Labute approximate surface area is 196 Å². The van der Waals surface area contributed by atoms with Gasteiger partial charge in [0.25, 0.3) is 0 Å². The zero-order valence-electron chi connectivity index (χ0n) is 17.8. The van der Waals surface area contributed by atoms with E-state index in [1.165, 1.54) is 65.0 Å². The molecule has 1 spiro atoms. The van der Waals surface area contributed by atoms with Crippen LogP contribution in [0, 0.1) is 0 Å². The summed E-state index contributed by atoms with van der Waals surface area (Å²) in [7, 11) is 0. The van der Waals surface area contributed by atoms with Crippen LogP contribution in [0.4, 0.5) is 0 Å². The maximum absolute atomic E-state index is 3.70. The van der Waals surface area contributed by atoms with Crippen LogP contribution in [-0.2, 0) is 5.41 Å². The Bertz CT molecular complexity index is 1710. The van der Waals surface area contributed by atoms with Crippen molar-refractivity contribution in [2.24, 2.45) is 0 Å². The molecule has 0 radical (unpaired) electrons. The minimum atomic E-state index is -0.310. The van der Waals surface area contributed by atoms with E-state index in [0.717, 1.165) is 0 Å². The van der Waals surface area contributed by atoms with Gasteiger partial charge in [0, 0.05) is 31.6 Å². The average Bonchev–Trinajstić information content (AvgIpc) is 3.37. The quantitative estimate of drug-likeness (QED) is 0.253. The topological polar surface area (TPSA) is 15.8 Å². The number of aromatic nitrogens is 1. The van der Waals surface area contributed by atoms with Gasteiger partial charge in [0.1, 0.15) is 0 Å². The highest BCUT2D eigenvalue weighted by Gasteiger charge is 2.50. The molecule has 0 saturated carbocycles. The van der Waals surface area contributed by atoms with Crippen LogP contribution in [0.1, 0.15) is 22.3 Å². The van der Waals surface area contributed by atoms with Crippen molar-refractivity contribution in [1.82, 2.24) is 4.98 Å². The number of aromatic amines is 1. The van der Waals surface area contributed by atoms with Gasteiger partial charge in [-0.15, -0.1) is 0 Å². The van der Waals surface area contributed by atoms with Crippen molar-refractivity contribution in [3.8, 4) is 11.1 Å². The van der Waals surface area contributed by atoms with Gasteiger partial charge in [-0.05, 0) is 57.6 Å². The number of para-hydroxylation sites is 1. The first-order valence-corrected chi connectivity index (χ1v) is 12.2. The normalized spacial score (nSPS) is 14.8. The van der Waals surface area contributed by atoms with Crippen LogP contribution in [0.2, 0.25) is 0 Å². The van der Waals surface area contributed by atoms with E-state index in [0.29, 0.717) is 0 Å². The van der Waals surface area contributed by atoms with Crippen molar-refractivity contribution in [1.29, 1.82) is 0 Å². The summed E-state index contributed by atoms with van der Waals surface area (Å²) in [5, 5.41) is 2.59. The number of nitrogens with one attached hydrogen (secondary N) is 1. The Kier molecular flexibility index (Phi) is 3.33. The third-order valence-corrected chi connectivity index (χ3v) is 8.61. The average molecular weight is 438 g/mol. The summed E-state index contributed by atoms with van der Waals surface area (Å²) < 4.78 is 0. The van der Waals surface area contributed by atoms with Crippen molar-refractivity contribution in [3.63, 3.8) is 0 Å². The number of hydrogen-bond acceptors (Lipinski definition) is 1. The van der Waals surface area contributed by atoms with Crippen molar-refractivity contribution in [2.75, 3.05) is 0 Å². The van der Waals surface area contributed by atoms with E-state index in [1.54, 1.807) is 0 Å². The van der Waals surface area contributed by atoms with E-state index in [2.05, 4.69) is 114 Å². The van der Waals surface area contributed by atoms with Gasteiger partial charge in [0.15, 0.2) is 0 Å². The first-order chi connectivity index (χ1) is 16.4. The van der Waals surface area contributed by atoms with Crippen molar-refractivity contribution in [3.05, 3.63) is 131 Å². The van der Waals surface area contributed by atoms with Gasteiger partial charge in [-0.25, -0.2) is 0 Å². The van der Waals surface area contributed by atoms with E-state index in [4.69, 9.17) is 0 Å². The number of rotatable bonds is 0. The van der Waals surface area contributed by atoms with Crippen LogP contribution in [0.3, 0.4) is 0 Å². The molecule has 0 fully saturated rings. The molecule has 1 aliphatic carbocycles. The molecular formula is C31H19NS. The summed E-state index contributed by atoms with van der Waals surface area (Å²) in [6.45, 7) is 0. The van der Waals surface area contributed by atoms with Gasteiger partial charge in [-0.3, -0.25) is 0 Å². The Morgan fingerprint density at radius 1 is 0.485 bits per heavy atom. The summed E-state index contributed by atoms with van der Waals surface area (Å²) >= 11 is 1.91. The molecule has 1 nitrogen and oxygen atoms in total. The minimum Gasteiger partial charge on any atom is -0.355 e. The SMILES string of the molecule is c1ccc2c(c1)Sc1cc3c(cc1C21c2ccccc2-c2ccccc21)[nH]c1ccccc13. The molecule has 33 heavy (non-hydrogen) atoms. The molecule has 1 N–H and O–H groups in total. The number of H-pyrrole nitrogens is 1. The predicted octanol–water partition coefficient (Wildman–Crippen LogP) is 8.15. The minimum absolute atomic E-state index is 0.310. The maximum Gasteiger partial charge on any atom is 0.0736 e. The van der Waals surface area contributed by atoms with E-state index in [-0.39, 0.29) is 5.41 Å². The van der Waals surface area contributed by atoms with Crippen molar-refractivity contribution >= 4 is 33.6 Å². The van der Waals surface area contributed by atoms with Gasteiger partial charge >= 0.3 is 0 Å². The van der Waals surface area contributed by atoms with E-state index >= 15 is 0 Å².